The van der Waals surface area contributed by atoms with E-state index in [0.717, 1.165) is 51.1 Å². The first-order chi connectivity index (χ1) is 12.2. The summed E-state index contributed by atoms with van der Waals surface area (Å²) in [5.74, 6) is 1.43. The molecule has 2 aliphatic rings. The number of aryl methyl sites for hydroxylation is 2. The quantitative estimate of drug-likeness (QED) is 0.860. The Morgan fingerprint density at radius 2 is 2.28 bits per heavy atom. The maximum absolute atomic E-state index is 12.9. The van der Waals surface area contributed by atoms with Gasteiger partial charge < -0.3 is 9.64 Å². The van der Waals surface area contributed by atoms with Crippen LogP contribution < -0.4 is 4.74 Å². The second-order valence-electron chi connectivity index (χ2n) is 7.17. The van der Waals surface area contributed by atoms with E-state index in [4.69, 9.17) is 4.74 Å². The van der Waals surface area contributed by atoms with Crippen LogP contribution in [-0.4, -0.2) is 44.8 Å². The summed E-state index contributed by atoms with van der Waals surface area (Å²) in [5, 5.41) is 4.18. The minimum Gasteiger partial charge on any atom is -0.480 e. The van der Waals surface area contributed by atoms with Gasteiger partial charge in [-0.1, -0.05) is 17.7 Å². The third kappa shape index (κ3) is 3.52. The molecule has 2 unspecified atom stereocenters. The van der Waals surface area contributed by atoms with Crippen molar-refractivity contribution < 1.29 is 9.53 Å². The van der Waals surface area contributed by atoms with E-state index < -0.39 is 0 Å². The number of aromatic nitrogens is 3. The van der Waals surface area contributed by atoms with E-state index in [1.807, 2.05) is 21.7 Å². The van der Waals surface area contributed by atoms with Crippen molar-refractivity contribution in [2.45, 2.75) is 45.3 Å². The molecule has 2 atom stereocenters. The number of carbonyl (C=O) groups is 1. The number of piperidine rings is 1. The second-order valence-corrected chi connectivity index (χ2v) is 7.17. The van der Waals surface area contributed by atoms with Gasteiger partial charge in [0.1, 0.15) is 18.4 Å². The van der Waals surface area contributed by atoms with Gasteiger partial charge in [0.2, 0.25) is 0 Å². The van der Waals surface area contributed by atoms with Crippen molar-refractivity contribution in [3.05, 3.63) is 42.0 Å². The van der Waals surface area contributed by atoms with E-state index in [-0.39, 0.29) is 12.0 Å². The summed E-state index contributed by atoms with van der Waals surface area (Å²) in [4.78, 5) is 18.9. The van der Waals surface area contributed by atoms with E-state index in [2.05, 4.69) is 23.1 Å². The summed E-state index contributed by atoms with van der Waals surface area (Å²) < 4.78 is 7.88. The number of fused-ring (bicyclic) bond motifs is 1. The van der Waals surface area contributed by atoms with Crippen LogP contribution in [0.25, 0.3) is 0 Å². The zero-order valence-corrected chi connectivity index (χ0v) is 14.6. The number of carbonyl (C=O) groups excluding carboxylic acids is 1. The Morgan fingerprint density at radius 1 is 1.36 bits per heavy atom. The summed E-state index contributed by atoms with van der Waals surface area (Å²) in [6.45, 7) is 4.50. The summed E-state index contributed by atoms with van der Waals surface area (Å²) in [5.41, 5.74) is 2.45. The summed E-state index contributed by atoms with van der Waals surface area (Å²) in [7, 11) is 0. The smallest absolute Gasteiger partial charge is 0.263 e. The molecule has 132 valence electrons. The zero-order chi connectivity index (χ0) is 17.2. The lowest BCUT2D eigenvalue weighted by molar-refractivity contribution is -0.141. The fourth-order valence-corrected chi connectivity index (χ4v) is 3.90. The fourth-order valence-electron chi connectivity index (χ4n) is 3.90. The van der Waals surface area contributed by atoms with Gasteiger partial charge in [-0.05, 0) is 50.2 Å². The lowest BCUT2D eigenvalue weighted by Gasteiger charge is -2.36. The van der Waals surface area contributed by atoms with Crippen molar-refractivity contribution in [2.75, 3.05) is 13.1 Å². The number of nitrogens with zero attached hydrogens (tertiary/aromatic N) is 4. The van der Waals surface area contributed by atoms with Crippen LogP contribution in [0.15, 0.2) is 30.9 Å². The third-order valence-electron chi connectivity index (χ3n) is 5.18. The summed E-state index contributed by atoms with van der Waals surface area (Å²) in [6.07, 6.45) is 6.78. The van der Waals surface area contributed by atoms with Crippen molar-refractivity contribution in [1.29, 1.82) is 0 Å². The monoisotopic (exact) mass is 340 g/mol. The molecule has 1 aromatic carbocycles. The average Bonchev–Trinajstić information content (AvgIpc) is 3.14. The van der Waals surface area contributed by atoms with Crippen molar-refractivity contribution in [2.24, 2.45) is 5.92 Å². The first-order valence-corrected chi connectivity index (χ1v) is 9.06. The van der Waals surface area contributed by atoms with Gasteiger partial charge in [0, 0.05) is 19.6 Å². The number of rotatable bonds is 3. The van der Waals surface area contributed by atoms with Gasteiger partial charge in [0.15, 0.2) is 6.10 Å². The van der Waals surface area contributed by atoms with Crippen LogP contribution in [0.2, 0.25) is 0 Å². The van der Waals surface area contributed by atoms with Crippen LogP contribution in [-0.2, 0) is 17.8 Å². The van der Waals surface area contributed by atoms with Crippen molar-refractivity contribution >= 4 is 5.91 Å². The molecule has 0 spiro atoms. The lowest BCUT2D eigenvalue weighted by atomic mass is 9.96. The lowest BCUT2D eigenvalue weighted by Crippen LogP contribution is -2.48. The van der Waals surface area contributed by atoms with Gasteiger partial charge in [-0.3, -0.25) is 9.48 Å². The third-order valence-corrected chi connectivity index (χ3v) is 5.18. The Bertz CT molecular complexity index is 744. The topological polar surface area (TPSA) is 60.2 Å². The average molecular weight is 340 g/mol. The highest BCUT2D eigenvalue weighted by Gasteiger charge is 2.32. The Labute approximate surface area is 147 Å². The van der Waals surface area contributed by atoms with E-state index >= 15 is 0 Å². The molecule has 1 fully saturated rings. The van der Waals surface area contributed by atoms with E-state index in [1.165, 1.54) is 11.1 Å². The summed E-state index contributed by atoms with van der Waals surface area (Å²) >= 11 is 0. The predicted octanol–water partition coefficient (Wildman–Crippen LogP) is 2.22. The number of hydrogen-bond donors (Lipinski definition) is 0. The molecule has 0 bridgehead atoms. The van der Waals surface area contributed by atoms with Crippen LogP contribution in [0.5, 0.6) is 5.75 Å². The van der Waals surface area contributed by atoms with Crippen molar-refractivity contribution in [1.82, 2.24) is 19.7 Å². The minimum atomic E-state index is -0.347. The van der Waals surface area contributed by atoms with E-state index in [0.29, 0.717) is 5.92 Å². The van der Waals surface area contributed by atoms with Gasteiger partial charge >= 0.3 is 0 Å². The zero-order valence-electron chi connectivity index (χ0n) is 14.6. The molecule has 4 rings (SSSR count). The number of amides is 1. The normalized spacial score (nSPS) is 23.0. The molecule has 1 amide bonds. The largest absolute Gasteiger partial charge is 0.480 e. The number of hydrogen-bond acceptors (Lipinski definition) is 4. The van der Waals surface area contributed by atoms with Gasteiger partial charge in [-0.15, -0.1) is 0 Å². The van der Waals surface area contributed by atoms with Gasteiger partial charge in [0.25, 0.3) is 5.91 Å². The molecular weight excluding hydrogens is 316 g/mol. The highest BCUT2D eigenvalue weighted by molar-refractivity contribution is 5.81. The highest BCUT2D eigenvalue weighted by Crippen LogP contribution is 2.30. The Morgan fingerprint density at radius 3 is 3.12 bits per heavy atom. The highest BCUT2D eigenvalue weighted by atomic mass is 16.5. The maximum Gasteiger partial charge on any atom is 0.263 e. The van der Waals surface area contributed by atoms with Crippen LogP contribution >= 0.6 is 0 Å². The number of ether oxygens (including phenoxy) is 1. The molecule has 1 aromatic heterocycles. The van der Waals surface area contributed by atoms with Crippen molar-refractivity contribution in [3.63, 3.8) is 0 Å². The number of benzene rings is 1. The molecule has 3 heterocycles. The molecule has 25 heavy (non-hydrogen) atoms. The SMILES string of the molecule is Cc1ccc2c(c1)CCC(C(=O)N1CCCC(Cn3cncn3)C1)O2. The Hall–Kier alpha value is -2.37. The number of likely N-dealkylation sites (tertiary alicyclic amines) is 1. The minimum absolute atomic E-state index is 0.134. The van der Waals surface area contributed by atoms with Gasteiger partial charge in [0.05, 0.1) is 0 Å². The first-order valence-electron chi connectivity index (χ1n) is 9.06. The van der Waals surface area contributed by atoms with Gasteiger partial charge in [-0.25, -0.2) is 4.98 Å². The standard InChI is InChI=1S/C19H24N4O2/c1-14-4-6-17-16(9-14)5-7-18(25-17)19(24)22-8-2-3-15(10-22)11-23-13-20-12-21-23/h4,6,9,12-13,15,18H,2-3,5,7-8,10-11H2,1H3. The molecule has 1 saturated heterocycles. The van der Waals surface area contributed by atoms with Crippen molar-refractivity contribution in [3.8, 4) is 5.75 Å². The maximum atomic E-state index is 12.9. The second kappa shape index (κ2) is 6.86. The van der Waals surface area contributed by atoms with E-state index in [9.17, 15) is 4.79 Å². The van der Waals surface area contributed by atoms with Crippen LogP contribution in [0, 0.1) is 12.8 Å². The molecule has 0 saturated carbocycles. The summed E-state index contributed by atoms with van der Waals surface area (Å²) in [6, 6.07) is 6.19. The van der Waals surface area contributed by atoms with Crippen LogP contribution in [0.4, 0.5) is 0 Å². The van der Waals surface area contributed by atoms with Gasteiger partial charge in [-0.2, -0.15) is 5.10 Å². The van der Waals surface area contributed by atoms with E-state index in [1.54, 1.807) is 12.7 Å². The molecule has 0 aliphatic carbocycles. The molecular formula is C19H24N4O2. The Balaban J connectivity index is 1.39. The predicted molar refractivity (Wildman–Crippen MR) is 93.2 cm³/mol. The van der Waals surface area contributed by atoms with Crippen LogP contribution in [0.3, 0.4) is 0 Å². The molecule has 2 aliphatic heterocycles. The Kier molecular flexibility index (Phi) is 4.42. The molecule has 0 N–H and O–H groups in total. The first kappa shape index (κ1) is 16.1. The van der Waals surface area contributed by atoms with Crippen LogP contribution in [0.1, 0.15) is 30.4 Å². The fraction of sp³-hybridized carbons (Fsp3) is 0.526. The molecule has 0 radical (unpaired) electrons. The molecule has 2 aromatic rings. The molecule has 6 heteroatoms. The molecule has 6 nitrogen and oxygen atoms in total.